The number of halogens is 1. The Kier molecular flexibility index (Phi) is 4.09. The van der Waals surface area contributed by atoms with Crippen molar-refractivity contribution >= 4 is 40.6 Å². The van der Waals surface area contributed by atoms with Gasteiger partial charge in [-0.05, 0) is 60.1 Å². The Morgan fingerprint density at radius 2 is 1.79 bits per heavy atom. The van der Waals surface area contributed by atoms with Gasteiger partial charge in [0.05, 0.1) is 22.5 Å². The van der Waals surface area contributed by atoms with Crippen LogP contribution in [0, 0.1) is 35.4 Å². The van der Waals surface area contributed by atoms with Crippen LogP contribution in [0.1, 0.15) is 22.8 Å². The highest BCUT2D eigenvalue weighted by Gasteiger charge is 2.69. The van der Waals surface area contributed by atoms with Crippen molar-refractivity contribution < 1.29 is 14.0 Å². The molecule has 9 heteroatoms. The molecule has 2 aliphatic heterocycles. The van der Waals surface area contributed by atoms with Crippen LogP contribution in [0.3, 0.4) is 0 Å². The Labute approximate surface area is 196 Å². The number of aromatic amines is 1. The van der Waals surface area contributed by atoms with E-state index in [4.69, 9.17) is 0 Å². The molecule has 6 nitrogen and oxygen atoms in total. The van der Waals surface area contributed by atoms with Crippen molar-refractivity contribution in [3.63, 3.8) is 0 Å². The maximum Gasteiger partial charge on any atom is 0.305 e. The van der Waals surface area contributed by atoms with E-state index < -0.39 is 5.82 Å². The van der Waals surface area contributed by atoms with Crippen LogP contribution >= 0.6 is 23.1 Å². The molecule has 2 aliphatic carbocycles. The van der Waals surface area contributed by atoms with Crippen molar-refractivity contribution in [1.29, 1.82) is 0 Å². The van der Waals surface area contributed by atoms with E-state index in [9.17, 15) is 18.8 Å². The van der Waals surface area contributed by atoms with Crippen LogP contribution in [0.25, 0.3) is 0 Å². The fourth-order valence-corrected chi connectivity index (χ4v) is 9.68. The molecule has 4 aliphatic rings. The number of pyridine rings is 1. The number of fused-ring (bicyclic) bond motifs is 9. The molecule has 0 radical (unpaired) electrons. The van der Waals surface area contributed by atoms with E-state index in [1.54, 1.807) is 18.0 Å². The molecule has 1 saturated heterocycles. The van der Waals surface area contributed by atoms with Crippen molar-refractivity contribution in [2.75, 3.05) is 4.90 Å². The number of imide groups is 1. The summed E-state index contributed by atoms with van der Waals surface area (Å²) in [6, 6.07) is 9.49. The number of anilines is 1. The third-order valence-electron chi connectivity index (χ3n) is 7.85. The summed E-state index contributed by atoms with van der Waals surface area (Å²) in [5.74, 6) is -1.25. The molecule has 2 bridgehead atoms. The summed E-state index contributed by atoms with van der Waals surface area (Å²) in [6.45, 7) is 0. The van der Waals surface area contributed by atoms with Gasteiger partial charge in [0.2, 0.25) is 11.8 Å². The maximum absolute atomic E-state index is 13.6. The quantitative estimate of drug-likeness (QED) is 0.568. The molecule has 2 aromatic heterocycles. The van der Waals surface area contributed by atoms with Gasteiger partial charge < -0.3 is 4.98 Å². The number of thioether (sulfide) groups is 1. The number of rotatable bonds is 2. The molecule has 0 unspecified atom stereocenters. The number of amides is 2. The smallest absolute Gasteiger partial charge is 0.305 e. The first kappa shape index (κ1) is 19.7. The van der Waals surface area contributed by atoms with Gasteiger partial charge in [-0.15, -0.1) is 11.8 Å². The lowest BCUT2D eigenvalue weighted by atomic mass is 9.68. The number of aromatic nitrogens is 2. The number of hydrogen-bond donors (Lipinski definition) is 1. The number of nitrogens with zero attached hydrogens (tertiary/aromatic N) is 2. The zero-order valence-electron chi connectivity index (χ0n) is 17.2. The highest BCUT2D eigenvalue weighted by molar-refractivity contribution is 8.00. The first-order chi connectivity index (χ1) is 16.0. The molecule has 166 valence electrons. The van der Waals surface area contributed by atoms with Crippen LogP contribution < -0.4 is 9.77 Å². The second kappa shape index (κ2) is 6.87. The number of carbonyl (C=O) groups excluding carboxylic acids is 2. The molecule has 3 fully saturated rings. The maximum atomic E-state index is 13.6. The first-order valence-corrected chi connectivity index (χ1v) is 12.7. The van der Waals surface area contributed by atoms with Gasteiger partial charge in [-0.3, -0.25) is 24.3 Å². The molecule has 1 N–H and O–H groups in total. The van der Waals surface area contributed by atoms with Gasteiger partial charge >= 0.3 is 4.87 Å². The van der Waals surface area contributed by atoms with Gasteiger partial charge in [0.25, 0.3) is 0 Å². The van der Waals surface area contributed by atoms with Gasteiger partial charge in [-0.1, -0.05) is 17.4 Å². The molecular formula is C24H18FN3O3S2. The largest absolute Gasteiger partial charge is 0.307 e. The number of carbonyl (C=O) groups is 2. The Morgan fingerprint density at radius 3 is 2.52 bits per heavy atom. The number of thiazole rings is 1. The lowest BCUT2D eigenvalue weighted by Crippen LogP contribution is -2.42. The van der Waals surface area contributed by atoms with E-state index in [0.29, 0.717) is 5.69 Å². The lowest BCUT2D eigenvalue weighted by Gasteiger charge is -2.42. The monoisotopic (exact) mass is 479 g/mol. The summed E-state index contributed by atoms with van der Waals surface area (Å²) in [4.78, 5) is 48.8. The van der Waals surface area contributed by atoms with Crippen LogP contribution in [0.2, 0.25) is 0 Å². The standard InChI is InChI=1S/C24H18FN3O3S2/c25-11-3-5-12(6-4-11)28-22(29)17-13-8-14(18(17)23(28)30)19-16(13)15(10-2-1-7-26-9-10)20-21(32-19)27-24(31)33-20/h1-7,9,13-19H,8H2,(H,27,31)/t13-,14-,15+,16-,17+,18-,19+/m1/s1. The van der Waals surface area contributed by atoms with Crippen LogP contribution in [0.15, 0.2) is 58.6 Å². The Hall–Kier alpha value is -2.78. The third kappa shape index (κ3) is 2.60. The molecule has 0 spiro atoms. The summed E-state index contributed by atoms with van der Waals surface area (Å²) in [5.41, 5.74) is 1.48. The van der Waals surface area contributed by atoms with E-state index in [1.807, 2.05) is 18.3 Å². The molecule has 2 saturated carbocycles. The minimum Gasteiger partial charge on any atom is -0.307 e. The average molecular weight is 480 g/mol. The van der Waals surface area contributed by atoms with Gasteiger partial charge in [0.1, 0.15) is 5.82 Å². The molecule has 3 aromatic rings. The molecule has 33 heavy (non-hydrogen) atoms. The van der Waals surface area contributed by atoms with Gasteiger partial charge in [0, 0.05) is 28.4 Å². The Bertz CT molecular complexity index is 1360. The number of H-pyrrole nitrogens is 1. The van der Waals surface area contributed by atoms with Gasteiger partial charge in [0.15, 0.2) is 0 Å². The van der Waals surface area contributed by atoms with Crippen molar-refractivity contribution in [3.8, 4) is 0 Å². The molecule has 2 amide bonds. The fraction of sp³-hybridized carbons (Fsp3) is 0.333. The van der Waals surface area contributed by atoms with E-state index >= 15 is 0 Å². The predicted octanol–water partition coefficient (Wildman–Crippen LogP) is 3.65. The second-order valence-corrected chi connectivity index (χ2v) is 11.4. The predicted molar refractivity (Wildman–Crippen MR) is 122 cm³/mol. The van der Waals surface area contributed by atoms with E-state index in [1.165, 1.54) is 40.5 Å². The van der Waals surface area contributed by atoms with Crippen molar-refractivity contribution in [1.82, 2.24) is 9.97 Å². The number of hydrogen-bond acceptors (Lipinski definition) is 6. The van der Waals surface area contributed by atoms with E-state index in [-0.39, 0.29) is 57.4 Å². The van der Waals surface area contributed by atoms with Crippen LogP contribution in [-0.4, -0.2) is 27.0 Å². The Morgan fingerprint density at radius 1 is 1.03 bits per heavy atom. The second-order valence-electron chi connectivity index (χ2n) is 9.24. The van der Waals surface area contributed by atoms with Gasteiger partial charge in [-0.25, -0.2) is 4.39 Å². The highest BCUT2D eigenvalue weighted by Crippen LogP contribution is 2.68. The third-order valence-corrected chi connectivity index (χ3v) is 10.4. The fourth-order valence-electron chi connectivity index (χ4n) is 6.79. The van der Waals surface area contributed by atoms with Crippen molar-refractivity contribution in [3.05, 3.63) is 74.7 Å². The normalized spacial score (nSPS) is 33.8. The van der Waals surface area contributed by atoms with Crippen LogP contribution in [0.4, 0.5) is 10.1 Å². The van der Waals surface area contributed by atoms with Crippen molar-refractivity contribution in [2.24, 2.45) is 29.6 Å². The average Bonchev–Trinajstić information content (AvgIpc) is 3.54. The highest BCUT2D eigenvalue weighted by atomic mass is 32.2. The van der Waals surface area contributed by atoms with Crippen molar-refractivity contribution in [2.45, 2.75) is 22.6 Å². The zero-order valence-corrected chi connectivity index (χ0v) is 18.8. The summed E-state index contributed by atoms with van der Waals surface area (Å²) < 4.78 is 13.4. The van der Waals surface area contributed by atoms with Crippen LogP contribution in [0.5, 0.6) is 0 Å². The summed E-state index contributed by atoms with van der Waals surface area (Å²) in [7, 11) is 0. The SMILES string of the molecule is O=C1[C@@H]2[C@H]3C[C@@H]([C@@H]2C(=O)N1c1ccc(F)cc1)[C@@H]1[C@H](c2cccnc2)c2sc(=O)[nH]c2S[C@@H]31. The lowest BCUT2D eigenvalue weighted by molar-refractivity contribution is -0.123. The Balaban J connectivity index is 1.33. The summed E-state index contributed by atoms with van der Waals surface area (Å²) in [6.07, 6.45) is 4.42. The molecular weight excluding hydrogens is 461 g/mol. The van der Waals surface area contributed by atoms with E-state index in [2.05, 4.69) is 9.97 Å². The number of benzene rings is 1. The summed E-state index contributed by atoms with van der Waals surface area (Å²) >= 11 is 2.90. The topological polar surface area (TPSA) is 83.1 Å². The first-order valence-electron chi connectivity index (χ1n) is 11.0. The van der Waals surface area contributed by atoms with E-state index in [0.717, 1.165) is 21.9 Å². The molecule has 7 rings (SSSR count). The number of nitrogens with one attached hydrogen (secondary N) is 1. The summed E-state index contributed by atoms with van der Waals surface area (Å²) in [5, 5.41) is 1.03. The molecule has 1 aromatic carbocycles. The molecule has 7 atom stereocenters. The van der Waals surface area contributed by atoms with Gasteiger partial charge in [-0.2, -0.15) is 0 Å². The minimum absolute atomic E-state index is 0.0253. The van der Waals surface area contributed by atoms with Crippen LogP contribution in [-0.2, 0) is 9.59 Å². The zero-order chi connectivity index (χ0) is 22.4. The molecule has 4 heterocycles. The minimum atomic E-state index is -0.403.